The summed E-state index contributed by atoms with van der Waals surface area (Å²) in [5.41, 5.74) is 8.31. The van der Waals surface area contributed by atoms with Crippen LogP contribution in [0.4, 0.5) is 0 Å². The SMILES string of the molecule is CCCCN(CCCC)Cc1c(Cl)ccc2c1/C(=C/c1ccc(Cl)cc1)c1cc(Cl)ccc1-2. The number of fused-ring (bicyclic) bond motifs is 3. The molecular weight excluding hydrogens is 469 g/mol. The number of rotatable bonds is 9. The van der Waals surface area contributed by atoms with E-state index in [2.05, 4.69) is 61.2 Å². The molecule has 172 valence electrons. The molecule has 33 heavy (non-hydrogen) atoms. The van der Waals surface area contributed by atoms with Gasteiger partial charge in [0.1, 0.15) is 0 Å². The van der Waals surface area contributed by atoms with E-state index in [0.29, 0.717) is 0 Å². The minimum absolute atomic E-state index is 0.735. The second-order valence-corrected chi connectivity index (χ2v) is 10.0. The molecule has 0 heterocycles. The first-order valence-corrected chi connectivity index (χ1v) is 13.0. The largest absolute Gasteiger partial charge is 0.299 e. The smallest absolute Gasteiger partial charge is 0.0457 e. The van der Waals surface area contributed by atoms with Crippen molar-refractivity contribution < 1.29 is 0 Å². The van der Waals surface area contributed by atoms with Gasteiger partial charge in [-0.2, -0.15) is 0 Å². The number of nitrogens with zero attached hydrogens (tertiary/aromatic N) is 1. The van der Waals surface area contributed by atoms with E-state index < -0.39 is 0 Å². The maximum atomic E-state index is 6.89. The van der Waals surface area contributed by atoms with Crippen LogP contribution in [0.1, 0.15) is 61.8 Å². The zero-order valence-electron chi connectivity index (χ0n) is 19.3. The van der Waals surface area contributed by atoms with E-state index in [1.54, 1.807) is 0 Å². The van der Waals surface area contributed by atoms with Gasteiger partial charge in [-0.25, -0.2) is 0 Å². The molecule has 0 aromatic heterocycles. The summed E-state index contributed by atoms with van der Waals surface area (Å²) < 4.78 is 0. The van der Waals surface area contributed by atoms with Gasteiger partial charge in [-0.05, 0) is 101 Å². The summed E-state index contributed by atoms with van der Waals surface area (Å²) in [7, 11) is 0. The van der Waals surface area contributed by atoms with Crippen LogP contribution in [-0.2, 0) is 6.54 Å². The summed E-state index contributed by atoms with van der Waals surface area (Å²) >= 11 is 19.5. The Labute approximate surface area is 213 Å². The molecule has 0 saturated carbocycles. The van der Waals surface area contributed by atoms with Crippen molar-refractivity contribution >= 4 is 46.5 Å². The van der Waals surface area contributed by atoms with Crippen LogP contribution in [0, 0.1) is 0 Å². The normalized spacial score (nSPS) is 13.6. The molecule has 0 bridgehead atoms. The van der Waals surface area contributed by atoms with Gasteiger partial charge in [0, 0.05) is 21.6 Å². The van der Waals surface area contributed by atoms with Crippen molar-refractivity contribution in [2.75, 3.05) is 13.1 Å². The second-order valence-electron chi connectivity index (χ2n) is 8.73. The molecule has 0 unspecified atom stereocenters. The van der Waals surface area contributed by atoms with Gasteiger partial charge in [0.2, 0.25) is 0 Å². The molecule has 4 rings (SSSR count). The first-order valence-electron chi connectivity index (χ1n) is 11.8. The molecular formula is C29H30Cl3N. The van der Waals surface area contributed by atoms with Crippen LogP contribution >= 0.6 is 34.8 Å². The molecule has 0 atom stereocenters. The fourth-order valence-electron chi connectivity index (χ4n) is 4.55. The third kappa shape index (κ3) is 5.49. The lowest BCUT2D eigenvalue weighted by atomic mass is 9.95. The molecule has 3 aromatic carbocycles. The Morgan fingerprint density at radius 1 is 0.727 bits per heavy atom. The fourth-order valence-corrected chi connectivity index (χ4v) is 5.07. The summed E-state index contributed by atoms with van der Waals surface area (Å²) in [4.78, 5) is 2.56. The van der Waals surface area contributed by atoms with Crippen molar-refractivity contribution in [3.05, 3.63) is 91.9 Å². The number of unbranched alkanes of at least 4 members (excludes halogenated alkanes) is 2. The van der Waals surface area contributed by atoms with E-state index in [9.17, 15) is 0 Å². The molecule has 0 fully saturated rings. The van der Waals surface area contributed by atoms with Crippen LogP contribution in [0.2, 0.25) is 15.1 Å². The van der Waals surface area contributed by atoms with Gasteiger partial charge in [0.05, 0.1) is 0 Å². The maximum absolute atomic E-state index is 6.89. The topological polar surface area (TPSA) is 3.24 Å². The van der Waals surface area contributed by atoms with Gasteiger partial charge in [0.25, 0.3) is 0 Å². The molecule has 0 aliphatic heterocycles. The first kappa shape index (κ1) is 24.4. The minimum atomic E-state index is 0.735. The van der Waals surface area contributed by atoms with Crippen molar-refractivity contribution in [1.29, 1.82) is 0 Å². The van der Waals surface area contributed by atoms with Crippen LogP contribution in [0.3, 0.4) is 0 Å². The summed E-state index contributed by atoms with van der Waals surface area (Å²) in [5.74, 6) is 0. The highest BCUT2D eigenvalue weighted by Crippen LogP contribution is 2.49. The molecule has 1 aliphatic carbocycles. The fraction of sp³-hybridized carbons (Fsp3) is 0.310. The zero-order chi connectivity index (χ0) is 23.4. The van der Waals surface area contributed by atoms with Crippen molar-refractivity contribution in [1.82, 2.24) is 4.90 Å². The third-order valence-electron chi connectivity index (χ3n) is 6.31. The highest BCUT2D eigenvalue weighted by Gasteiger charge is 2.28. The number of hydrogen-bond donors (Lipinski definition) is 0. The van der Waals surface area contributed by atoms with Crippen LogP contribution in [0.5, 0.6) is 0 Å². The molecule has 4 heteroatoms. The third-order valence-corrected chi connectivity index (χ3v) is 7.15. The number of benzene rings is 3. The average molecular weight is 499 g/mol. The lowest BCUT2D eigenvalue weighted by molar-refractivity contribution is 0.257. The number of halogens is 3. The maximum Gasteiger partial charge on any atom is 0.0457 e. The highest BCUT2D eigenvalue weighted by molar-refractivity contribution is 6.33. The Balaban J connectivity index is 1.85. The van der Waals surface area contributed by atoms with E-state index in [1.165, 1.54) is 53.5 Å². The number of hydrogen-bond acceptors (Lipinski definition) is 1. The molecule has 0 amide bonds. The van der Waals surface area contributed by atoms with Gasteiger partial charge in [-0.3, -0.25) is 4.90 Å². The molecule has 1 nitrogen and oxygen atoms in total. The van der Waals surface area contributed by atoms with Crippen LogP contribution in [0.25, 0.3) is 22.8 Å². The van der Waals surface area contributed by atoms with Crippen molar-refractivity contribution in [2.24, 2.45) is 0 Å². The Morgan fingerprint density at radius 2 is 1.36 bits per heavy atom. The van der Waals surface area contributed by atoms with Gasteiger partial charge in [-0.15, -0.1) is 0 Å². The second kappa shape index (κ2) is 11.1. The van der Waals surface area contributed by atoms with E-state index in [4.69, 9.17) is 34.8 Å². The lowest BCUT2D eigenvalue weighted by Crippen LogP contribution is -2.26. The van der Waals surface area contributed by atoms with Gasteiger partial charge >= 0.3 is 0 Å². The predicted octanol–water partition coefficient (Wildman–Crippen LogP) is 9.62. The summed E-state index contributed by atoms with van der Waals surface area (Å²) in [6.07, 6.45) is 7.00. The first-order chi connectivity index (χ1) is 16.0. The predicted molar refractivity (Wildman–Crippen MR) is 145 cm³/mol. The van der Waals surface area contributed by atoms with Crippen LogP contribution in [-0.4, -0.2) is 18.0 Å². The lowest BCUT2D eigenvalue weighted by Gasteiger charge is -2.24. The average Bonchev–Trinajstić information content (AvgIpc) is 3.11. The van der Waals surface area contributed by atoms with E-state index >= 15 is 0 Å². The minimum Gasteiger partial charge on any atom is -0.299 e. The van der Waals surface area contributed by atoms with E-state index in [1.807, 2.05) is 18.2 Å². The standard InChI is InChI=1S/C29H30Cl3N/c1-3-5-15-33(16-6-4-2)19-27-28(32)14-13-24-23-12-11-22(31)18-25(23)26(29(24)27)17-20-7-9-21(30)10-8-20/h7-14,17-18H,3-6,15-16,19H2,1-2H3/b26-17+. The van der Waals surface area contributed by atoms with Gasteiger partial charge in [0.15, 0.2) is 0 Å². The molecule has 1 aliphatic rings. The monoisotopic (exact) mass is 497 g/mol. The summed E-state index contributed by atoms with van der Waals surface area (Å²) in [6, 6.07) is 18.3. The Kier molecular flexibility index (Phi) is 8.20. The zero-order valence-corrected chi connectivity index (χ0v) is 21.6. The van der Waals surface area contributed by atoms with Crippen LogP contribution in [0.15, 0.2) is 54.6 Å². The summed E-state index contributed by atoms with van der Waals surface area (Å²) in [5, 5.41) is 2.30. The molecule has 0 saturated heterocycles. The molecule has 0 spiro atoms. The van der Waals surface area contributed by atoms with E-state index in [-0.39, 0.29) is 0 Å². The molecule has 0 N–H and O–H groups in total. The molecule has 0 radical (unpaired) electrons. The van der Waals surface area contributed by atoms with Crippen molar-refractivity contribution in [3.8, 4) is 11.1 Å². The van der Waals surface area contributed by atoms with Crippen molar-refractivity contribution in [2.45, 2.75) is 46.1 Å². The Hall–Kier alpha value is -1.77. The van der Waals surface area contributed by atoms with Gasteiger partial charge < -0.3 is 0 Å². The van der Waals surface area contributed by atoms with E-state index in [0.717, 1.165) is 45.8 Å². The highest BCUT2D eigenvalue weighted by atomic mass is 35.5. The van der Waals surface area contributed by atoms with Crippen molar-refractivity contribution in [3.63, 3.8) is 0 Å². The Bertz CT molecular complexity index is 1140. The Morgan fingerprint density at radius 3 is 2.03 bits per heavy atom. The quantitative estimate of drug-likeness (QED) is 0.222. The van der Waals surface area contributed by atoms with Gasteiger partial charge in [-0.1, -0.05) is 85.8 Å². The summed E-state index contributed by atoms with van der Waals surface area (Å²) in [6.45, 7) is 7.52. The van der Waals surface area contributed by atoms with Crippen LogP contribution < -0.4 is 0 Å². The molecule has 3 aromatic rings.